The molecule has 45 heavy (non-hydrogen) atoms. The average Bonchev–Trinajstić information content (AvgIpc) is 2.96. The highest BCUT2D eigenvalue weighted by Gasteiger charge is 2.47. The highest BCUT2D eigenvalue weighted by molar-refractivity contribution is 9.10. The first kappa shape index (κ1) is 35.1. The number of benzene rings is 2. The zero-order valence-electron chi connectivity index (χ0n) is 28.1. The molecule has 0 saturated carbocycles. The standard InChI is InChI=1S/C18H26N2O2.C12H22N2O2.C6H5Br/c1-17(2,3)22-16(21)19-12-9-18(10-13-19)11-14-20(18)15-7-5-4-6-8-15;1-11(2,3)16-10(15)14-8-5-12(6-9-14)4-7-13-12;7-6-4-2-1-3-5-6/h4-8H,9-14H2,1-3H3;13H,4-9H2,1-3H3;1-5H. The van der Waals surface area contributed by atoms with Crippen molar-refractivity contribution in [2.75, 3.05) is 44.2 Å². The van der Waals surface area contributed by atoms with Gasteiger partial charge < -0.3 is 29.5 Å². The maximum Gasteiger partial charge on any atom is 0.410 e. The molecule has 4 fully saturated rings. The molecule has 9 heteroatoms. The van der Waals surface area contributed by atoms with Gasteiger partial charge in [0.1, 0.15) is 11.2 Å². The minimum Gasteiger partial charge on any atom is -0.444 e. The lowest BCUT2D eigenvalue weighted by molar-refractivity contribution is 0.00855. The molecule has 0 bridgehead atoms. The molecule has 4 saturated heterocycles. The van der Waals surface area contributed by atoms with Crippen molar-refractivity contribution in [1.29, 1.82) is 0 Å². The minimum atomic E-state index is -0.418. The lowest BCUT2D eigenvalue weighted by atomic mass is 9.76. The largest absolute Gasteiger partial charge is 0.444 e. The molecular weight excluding hydrogens is 632 g/mol. The summed E-state index contributed by atoms with van der Waals surface area (Å²) in [5.41, 5.74) is 1.09. The zero-order valence-corrected chi connectivity index (χ0v) is 29.7. The Morgan fingerprint density at radius 2 is 1.09 bits per heavy atom. The van der Waals surface area contributed by atoms with Crippen LogP contribution in [0.4, 0.5) is 15.3 Å². The molecule has 0 aliphatic carbocycles. The Hall–Kier alpha value is -2.78. The fourth-order valence-corrected chi connectivity index (χ4v) is 6.57. The number of hydrogen-bond donors (Lipinski definition) is 1. The third-order valence-electron chi connectivity index (χ3n) is 9.00. The van der Waals surface area contributed by atoms with Gasteiger partial charge in [-0.3, -0.25) is 0 Å². The topological polar surface area (TPSA) is 74.4 Å². The second kappa shape index (κ2) is 14.8. The maximum absolute atomic E-state index is 12.2. The summed E-state index contributed by atoms with van der Waals surface area (Å²) in [6.07, 6.45) is 6.33. The van der Waals surface area contributed by atoms with Gasteiger partial charge in [0.25, 0.3) is 0 Å². The van der Waals surface area contributed by atoms with E-state index in [1.807, 2.05) is 81.7 Å². The second-order valence-corrected chi connectivity index (χ2v) is 15.6. The SMILES string of the molecule is Brc1ccccc1.CC(C)(C)OC(=O)N1CCC2(CC1)CCN2c1ccccc1.CC(C)(C)OC(=O)N1CCC2(CCN2)CC1. The molecule has 2 amide bonds. The Bertz CT molecular complexity index is 1220. The number of anilines is 1. The fraction of sp³-hybridized carbons (Fsp3) is 0.611. The van der Waals surface area contributed by atoms with Gasteiger partial charge in [0.05, 0.1) is 0 Å². The van der Waals surface area contributed by atoms with Crippen LogP contribution in [0.2, 0.25) is 0 Å². The monoisotopic (exact) mass is 684 g/mol. The van der Waals surface area contributed by atoms with Gasteiger partial charge >= 0.3 is 12.2 Å². The number of rotatable bonds is 1. The highest BCUT2D eigenvalue weighted by Crippen LogP contribution is 2.43. The third kappa shape index (κ3) is 10.1. The Morgan fingerprint density at radius 3 is 1.42 bits per heavy atom. The molecule has 0 radical (unpaired) electrons. The van der Waals surface area contributed by atoms with Gasteiger partial charge in [0.15, 0.2) is 0 Å². The van der Waals surface area contributed by atoms with E-state index in [2.05, 4.69) is 56.5 Å². The van der Waals surface area contributed by atoms with Gasteiger partial charge in [-0.05, 0) is 111 Å². The van der Waals surface area contributed by atoms with E-state index in [0.717, 1.165) is 69.4 Å². The number of halogens is 1. The predicted octanol–water partition coefficient (Wildman–Crippen LogP) is 7.86. The Kier molecular flexibility index (Phi) is 11.5. The number of likely N-dealkylation sites (tertiary alicyclic amines) is 2. The van der Waals surface area contributed by atoms with E-state index in [0.29, 0.717) is 5.54 Å². The van der Waals surface area contributed by atoms with Gasteiger partial charge in [0.2, 0.25) is 0 Å². The number of nitrogens with zero attached hydrogens (tertiary/aromatic N) is 3. The molecule has 2 aromatic rings. The molecule has 0 aromatic heterocycles. The Balaban J connectivity index is 0.000000174. The molecule has 4 aliphatic heterocycles. The van der Waals surface area contributed by atoms with Crippen LogP contribution in [-0.4, -0.2) is 83.5 Å². The first-order valence-corrected chi connectivity index (χ1v) is 17.2. The first-order valence-electron chi connectivity index (χ1n) is 16.4. The molecule has 2 aromatic carbocycles. The molecule has 0 atom stereocenters. The van der Waals surface area contributed by atoms with Gasteiger partial charge in [-0.25, -0.2) is 9.59 Å². The molecule has 6 rings (SSSR count). The highest BCUT2D eigenvalue weighted by atomic mass is 79.9. The van der Waals surface area contributed by atoms with Crippen LogP contribution in [0, 0.1) is 0 Å². The summed E-state index contributed by atoms with van der Waals surface area (Å²) < 4.78 is 12.0. The van der Waals surface area contributed by atoms with Crippen LogP contribution in [0.25, 0.3) is 0 Å². The molecule has 4 aliphatic rings. The number of nitrogens with one attached hydrogen (secondary N) is 1. The van der Waals surface area contributed by atoms with Crippen LogP contribution < -0.4 is 10.2 Å². The van der Waals surface area contributed by atoms with Crippen LogP contribution in [0.5, 0.6) is 0 Å². The molecule has 0 unspecified atom stereocenters. The molecule has 1 N–H and O–H groups in total. The summed E-state index contributed by atoms with van der Waals surface area (Å²) in [7, 11) is 0. The van der Waals surface area contributed by atoms with Crippen molar-refractivity contribution in [2.24, 2.45) is 0 Å². The van der Waals surface area contributed by atoms with Crippen molar-refractivity contribution in [3.05, 3.63) is 65.1 Å². The Labute approximate surface area is 278 Å². The van der Waals surface area contributed by atoms with E-state index in [1.165, 1.54) is 18.5 Å². The number of carbonyl (C=O) groups excluding carboxylic acids is 2. The smallest absolute Gasteiger partial charge is 0.410 e. The maximum atomic E-state index is 12.2. The van der Waals surface area contributed by atoms with Crippen molar-refractivity contribution >= 4 is 33.8 Å². The number of carbonyl (C=O) groups is 2. The number of ether oxygens (including phenoxy) is 2. The zero-order chi connectivity index (χ0) is 32.7. The van der Waals surface area contributed by atoms with Crippen LogP contribution in [0.1, 0.15) is 80.1 Å². The van der Waals surface area contributed by atoms with Gasteiger partial charge in [-0.15, -0.1) is 0 Å². The summed E-state index contributed by atoms with van der Waals surface area (Å²) in [5.74, 6) is 0. The van der Waals surface area contributed by atoms with Gasteiger partial charge in [0, 0.05) is 54.0 Å². The van der Waals surface area contributed by atoms with Gasteiger partial charge in [-0.2, -0.15) is 0 Å². The first-order chi connectivity index (χ1) is 21.2. The summed E-state index contributed by atoms with van der Waals surface area (Å²) in [6, 6.07) is 20.6. The lowest BCUT2D eigenvalue weighted by Gasteiger charge is -2.57. The van der Waals surface area contributed by atoms with Gasteiger partial charge in [-0.1, -0.05) is 52.3 Å². The van der Waals surface area contributed by atoms with Crippen molar-refractivity contribution in [2.45, 2.75) is 102 Å². The Morgan fingerprint density at radius 1 is 0.667 bits per heavy atom. The predicted molar refractivity (Wildman–Crippen MR) is 185 cm³/mol. The number of para-hydroxylation sites is 1. The van der Waals surface area contributed by atoms with E-state index in [-0.39, 0.29) is 23.3 Å². The summed E-state index contributed by atoms with van der Waals surface area (Å²) in [5, 5.41) is 3.49. The van der Waals surface area contributed by atoms with Crippen molar-refractivity contribution in [1.82, 2.24) is 15.1 Å². The second-order valence-electron chi connectivity index (χ2n) is 14.6. The summed E-state index contributed by atoms with van der Waals surface area (Å²) in [6.45, 7) is 16.9. The van der Waals surface area contributed by atoms with Crippen molar-refractivity contribution in [3.63, 3.8) is 0 Å². The normalized spacial score (nSPS) is 20.0. The van der Waals surface area contributed by atoms with Crippen molar-refractivity contribution in [3.8, 4) is 0 Å². The van der Waals surface area contributed by atoms with E-state index in [9.17, 15) is 9.59 Å². The van der Waals surface area contributed by atoms with E-state index < -0.39 is 5.60 Å². The van der Waals surface area contributed by atoms with E-state index in [4.69, 9.17) is 9.47 Å². The van der Waals surface area contributed by atoms with E-state index in [1.54, 1.807) is 0 Å². The summed E-state index contributed by atoms with van der Waals surface area (Å²) >= 11 is 3.31. The van der Waals surface area contributed by atoms with Crippen LogP contribution in [0.15, 0.2) is 65.1 Å². The van der Waals surface area contributed by atoms with E-state index >= 15 is 0 Å². The third-order valence-corrected chi connectivity index (χ3v) is 9.52. The fourth-order valence-electron chi connectivity index (χ4n) is 6.27. The number of piperidine rings is 2. The lowest BCUT2D eigenvalue weighted by Crippen LogP contribution is -2.65. The minimum absolute atomic E-state index is 0.165. The quantitative estimate of drug-likeness (QED) is 0.330. The molecule has 8 nitrogen and oxygen atoms in total. The molecular formula is C36H53BrN4O4. The summed E-state index contributed by atoms with van der Waals surface area (Å²) in [4.78, 5) is 30.2. The van der Waals surface area contributed by atoms with Crippen molar-refractivity contribution < 1.29 is 19.1 Å². The molecule has 4 heterocycles. The molecule has 248 valence electrons. The van der Waals surface area contributed by atoms with Crippen LogP contribution in [-0.2, 0) is 9.47 Å². The molecule has 2 spiro atoms. The number of hydrogen-bond acceptors (Lipinski definition) is 6. The van der Waals surface area contributed by atoms with Crippen LogP contribution in [0.3, 0.4) is 0 Å². The van der Waals surface area contributed by atoms with Crippen LogP contribution >= 0.6 is 15.9 Å². The number of amides is 2. The average molecular weight is 686 g/mol.